The number of nitrogens with zero attached hydrogens (tertiary/aromatic N) is 2. The fraction of sp³-hybridized carbons (Fsp3) is 0.700. The molecule has 0 aromatic carbocycles. The van der Waals surface area contributed by atoms with Crippen LogP contribution >= 0.6 is 11.3 Å². The Hall–Kier alpha value is -0.500. The summed E-state index contributed by atoms with van der Waals surface area (Å²) >= 11 is 1.18. The first-order valence-corrected chi connectivity index (χ1v) is 7.53. The third kappa shape index (κ3) is 3.48. The minimum Gasteiger partial charge on any atom is -0.330 e. The van der Waals surface area contributed by atoms with Crippen molar-refractivity contribution in [1.29, 1.82) is 0 Å². The molecule has 1 rings (SSSR count). The van der Waals surface area contributed by atoms with Gasteiger partial charge in [0.2, 0.25) is 0 Å². The van der Waals surface area contributed by atoms with E-state index >= 15 is 0 Å². The van der Waals surface area contributed by atoms with Gasteiger partial charge in [0, 0.05) is 13.6 Å². The van der Waals surface area contributed by atoms with Crippen molar-refractivity contribution in [3.63, 3.8) is 0 Å². The lowest BCUT2D eigenvalue weighted by molar-refractivity contribution is 0.292. The Morgan fingerprint density at radius 2 is 2.12 bits per heavy atom. The van der Waals surface area contributed by atoms with Gasteiger partial charge in [-0.2, -0.15) is 4.31 Å². The van der Waals surface area contributed by atoms with Crippen LogP contribution in [0, 0.1) is 12.3 Å². The lowest BCUT2D eigenvalue weighted by Crippen LogP contribution is -2.39. The predicted octanol–water partition coefficient (Wildman–Crippen LogP) is 1.06. The monoisotopic (exact) mass is 277 g/mol. The summed E-state index contributed by atoms with van der Waals surface area (Å²) < 4.78 is 26.0. The van der Waals surface area contributed by atoms with Gasteiger partial charge in [-0.15, -0.1) is 11.3 Å². The van der Waals surface area contributed by atoms with Gasteiger partial charge in [-0.1, -0.05) is 13.8 Å². The van der Waals surface area contributed by atoms with Crippen LogP contribution in [0.15, 0.2) is 10.4 Å². The van der Waals surface area contributed by atoms with Crippen LogP contribution in [0.4, 0.5) is 0 Å². The molecule has 0 fully saturated rings. The fourth-order valence-electron chi connectivity index (χ4n) is 1.37. The van der Waals surface area contributed by atoms with E-state index in [1.807, 2.05) is 13.8 Å². The van der Waals surface area contributed by atoms with Gasteiger partial charge in [0.25, 0.3) is 10.0 Å². The van der Waals surface area contributed by atoms with Crippen LogP contribution in [-0.4, -0.2) is 37.8 Å². The number of hydrogen-bond donors (Lipinski definition) is 1. The molecule has 0 atom stereocenters. The van der Waals surface area contributed by atoms with E-state index in [2.05, 4.69) is 4.98 Å². The number of aryl methyl sites for hydroxylation is 1. The molecule has 0 bridgehead atoms. The Bertz CT molecular complexity index is 479. The maximum Gasteiger partial charge on any atom is 0.253 e. The van der Waals surface area contributed by atoms with Crippen molar-refractivity contribution < 1.29 is 8.42 Å². The molecule has 0 aliphatic heterocycles. The zero-order chi connectivity index (χ0) is 13.3. The van der Waals surface area contributed by atoms with E-state index in [4.69, 9.17) is 5.73 Å². The Morgan fingerprint density at radius 3 is 2.53 bits per heavy atom. The average molecular weight is 277 g/mol. The third-order valence-corrected chi connectivity index (χ3v) is 5.62. The molecular weight excluding hydrogens is 258 g/mol. The molecule has 1 aromatic rings. The summed E-state index contributed by atoms with van der Waals surface area (Å²) in [6.45, 7) is 6.50. The Balaban J connectivity index is 2.92. The molecule has 1 heterocycles. The summed E-state index contributed by atoms with van der Waals surface area (Å²) in [6.07, 6.45) is 1.40. The van der Waals surface area contributed by atoms with Gasteiger partial charge in [-0.05, 0) is 18.9 Å². The first kappa shape index (κ1) is 14.6. The molecule has 0 spiro atoms. The van der Waals surface area contributed by atoms with E-state index in [-0.39, 0.29) is 9.62 Å². The molecule has 0 amide bonds. The lowest BCUT2D eigenvalue weighted by Gasteiger charge is -2.27. The summed E-state index contributed by atoms with van der Waals surface area (Å²) in [4.78, 5) is 3.97. The smallest absolute Gasteiger partial charge is 0.253 e. The molecule has 7 heteroatoms. The van der Waals surface area contributed by atoms with Crippen molar-refractivity contribution in [2.75, 3.05) is 20.1 Å². The highest BCUT2D eigenvalue weighted by molar-refractivity contribution is 7.91. The van der Waals surface area contributed by atoms with Crippen molar-refractivity contribution in [2.45, 2.75) is 25.0 Å². The summed E-state index contributed by atoms with van der Waals surface area (Å²) in [7, 11) is -1.86. The van der Waals surface area contributed by atoms with Gasteiger partial charge in [0.05, 0.1) is 11.2 Å². The largest absolute Gasteiger partial charge is 0.330 e. The van der Waals surface area contributed by atoms with Gasteiger partial charge in [0.1, 0.15) is 0 Å². The zero-order valence-electron chi connectivity index (χ0n) is 10.6. The minimum absolute atomic E-state index is 0.235. The first-order chi connectivity index (χ1) is 7.69. The molecule has 0 saturated carbocycles. The highest BCUT2D eigenvalue weighted by Gasteiger charge is 2.28. The topological polar surface area (TPSA) is 76.3 Å². The van der Waals surface area contributed by atoms with E-state index < -0.39 is 10.0 Å². The van der Waals surface area contributed by atoms with Crippen LogP contribution in [0.5, 0.6) is 0 Å². The van der Waals surface area contributed by atoms with Crippen molar-refractivity contribution in [3.8, 4) is 0 Å². The third-order valence-electron chi connectivity index (χ3n) is 2.47. The van der Waals surface area contributed by atoms with E-state index in [9.17, 15) is 8.42 Å². The quantitative estimate of drug-likeness (QED) is 0.873. The maximum atomic E-state index is 12.2. The summed E-state index contributed by atoms with van der Waals surface area (Å²) in [5.41, 5.74) is 5.37. The molecule has 2 N–H and O–H groups in total. The van der Waals surface area contributed by atoms with E-state index in [1.165, 1.54) is 21.8 Å². The van der Waals surface area contributed by atoms with Crippen LogP contribution in [0.2, 0.25) is 0 Å². The minimum atomic E-state index is -3.43. The van der Waals surface area contributed by atoms with Gasteiger partial charge in [-0.3, -0.25) is 0 Å². The molecule has 1 aromatic heterocycles. The Kier molecular flexibility index (Phi) is 4.29. The van der Waals surface area contributed by atoms with E-state index in [1.54, 1.807) is 14.0 Å². The molecular formula is C10H19N3O2S2. The molecule has 5 nitrogen and oxygen atoms in total. The Morgan fingerprint density at radius 1 is 1.53 bits per heavy atom. The summed E-state index contributed by atoms with van der Waals surface area (Å²) in [6, 6.07) is 0. The number of nitrogens with two attached hydrogens (primary N) is 1. The number of thiazole rings is 1. The average Bonchev–Trinajstić information content (AvgIpc) is 2.64. The van der Waals surface area contributed by atoms with Crippen LogP contribution in [0.25, 0.3) is 0 Å². The van der Waals surface area contributed by atoms with Crippen molar-refractivity contribution >= 4 is 21.4 Å². The van der Waals surface area contributed by atoms with Crippen molar-refractivity contribution in [1.82, 2.24) is 9.29 Å². The molecule has 17 heavy (non-hydrogen) atoms. The predicted molar refractivity (Wildman–Crippen MR) is 69.5 cm³/mol. The molecule has 0 unspecified atom stereocenters. The molecule has 0 aliphatic rings. The number of aromatic nitrogens is 1. The van der Waals surface area contributed by atoms with Crippen LogP contribution in [0.1, 0.15) is 18.9 Å². The maximum absolute atomic E-state index is 12.2. The van der Waals surface area contributed by atoms with Gasteiger partial charge < -0.3 is 5.73 Å². The summed E-state index contributed by atoms with van der Waals surface area (Å²) in [5, 5.41) is 0.745. The second-order valence-electron chi connectivity index (χ2n) is 4.83. The first-order valence-electron chi connectivity index (χ1n) is 5.28. The lowest BCUT2D eigenvalue weighted by atomic mass is 9.94. The standard InChI is InChI=1S/C10H19N3O2S2/c1-8-12-5-9(16-8)17(14,15)13(4)7-10(2,3)6-11/h5H,6-7,11H2,1-4H3. The number of rotatable bonds is 5. The van der Waals surface area contributed by atoms with Gasteiger partial charge >= 0.3 is 0 Å². The zero-order valence-corrected chi connectivity index (χ0v) is 12.2. The molecule has 0 radical (unpaired) electrons. The van der Waals surface area contributed by atoms with Gasteiger partial charge in [0.15, 0.2) is 4.21 Å². The highest BCUT2D eigenvalue weighted by Crippen LogP contribution is 2.24. The van der Waals surface area contributed by atoms with Gasteiger partial charge in [-0.25, -0.2) is 13.4 Å². The fourth-order valence-corrected chi connectivity index (χ4v) is 4.05. The van der Waals surface area contributed by atoms with E-state index in [0.717, 1.165) is 5.01 Å². The highest BCUT2D eigenvalue weighted by atomic mass is 32.2. The van der Waals surface area contributed by atoms with Crippen LogP contribution in [-0.2, 0) is 10.0 Å². The van der Waals surface area contributed by atoms with Crippen LogP contribution < -0.4 is 5.73 Å². The second kappa shape index (κ2) is 5.01. The Labute approximate surface area is 107 Å². The molecule has 0 aliphatic carbocycles. The van der Waals surface area contributed by atoms with Crippen molar-refractivity contribution in [3.05, 3.63) is 11.2 Å². The van der Waals surface area contributed by atoms with E-state index in [0.29, 0.717) is 13.1 Å². The molecule has 98 valence electrons. The number of hydrogen-bond acceptors (Lipinski definition) is 5. The summed E-state index contributed by atoms with van der Waals surface area (Å²) in [5.74, 6) is 0. The second-order valence-corrected chi connectivity index (χ2v) is 8.33. The SMILES string of the molecule is Cc1ncc(S(=O)(=O)N(C)CC(C)(C)CN)s1. The van der Waals surface area contributed by atoms with Crippen LogP contribution in [0.3, 0.4) is 0 Å². The normalized spacial score (nSPS) is 13.3. The number of sulfonamides is 1. The van der Waals surface area contributed by atoms with Crippen molar-refractivity contribution in [2.24, 2.45) is 11.1 Å². The molecule has 0 saturated heterocycles.